The van der Waals surface area contributed by atoms with Crippen LogP contribution in [0.15, 0.2) is 29.1 Å². The standard InChI is InChI=1S/C15H17F2N3O/c1-4-9(14-10(16)6-5-7-11(14)17)12-8-13(21)19-15(18-12)20(2)3/h5-9H,4H2,1-3H3,(H,18,19,21). The summed E-state index contributed by atoms with van der Waals surface area (Å²) in [7, 11) is 3.46. The second-order valence-corrected chi connectivity index (χ2v) is 4.98. The molecule has 0 saturated carbocycles. The highest BCUT2D eigenvalue weighted by Crippen LogP contribution is 2.30. The van der Waals surface area contributed by atoms with Crippen molar-refractivity contribution in [2.24, 2.45) is 0 Å². The van der Waals surface area contributed by atoms with Crippen molar-refractivity contribution in [2.45, 2.75) is 19.3 Å². The van der Waals surface area contributed by atoms with Crippen molar-refractivity contribution in [1.29, 1.82) is 0 Å². The molecule has 1 unspecified atom stereocenters. The lowest BCUT2D eigenvalue weighted by Crippen LogP contribution is -2.21. The van der Waals surface area contributed by atoms with Gasteiger partial charge < -0.3 is 4.90 Å². The molecule has 0 bridgehead atoms. The van der Waals surface area contributed by atoms with Crippen LogP contribution in [0, 0.1) is 11.6 Å². The van der Waals surface area contributed by atoms with E-state index in [1.54, 1.807) is 25.9 Å². The Morgan fingerprint density at radius 3 is 2.43 bits per heavy atom. The molecule has 6 heteroatoms. The first kappa shape index (κ1) is 15.2. The topological polar surface area (TPSA) is 49.0 Å². The molecular weight excluding hydrogens is 276 g/mol. The first-order valence-corrected chi connectivity index (χ1v) is 6.66. The Kier molecular flexibility index (Phi) is 4.35. The van der Waals surface area contributed by atoms with Gasteiger partial charge in [-0.3, -0.25) is 9.78 Å². The molecule has 0 spiro atoms. The molecular formula is C15H17F2N3O. The molecule has 21 heavy (non-hydrogen) atoms. The molecule has 0 amide bonds. The van der Waals surface area contributed by atoms with E-state index >= 15 is 0 Å². The molecule has 1 atom stereocenters. The summed E-state index contributed by atoms with van der Waals surface area (Å²) < 4.78 is 27.9. The van der Waals surface area contributed by atoms with E-state index in [0.717, 1.165) is 0 Å². The van der Waals surface area contributed by atoms with Crippen LogP contribution in [-0.2, 0) is 0 Å². The van der Waals surface area contributed by atoms with E-state index in [1.807, 2.05) is 0 Å². The Bertz CT molecular complexity index is 677. The van der Waals surface area contributed by atoms with Crippen LogP contribution >= 0.6 is 0 Å². The second kappa shape index (κ2) is 6.03. The average molecular weight is 293 g/mol. The third kappa shape index (κ3) is 3.09. The van der Waals surface area contributed by atoms with Crippen LogP contribution in [0.25, 0.3) is 0 Å². The summed E-state index contributed by atoms with van der Waals surface area (Å²) in [6, 6.07) is 5.02. The summed E-state index contributed by atoms with van der Waals surface area (Å²) in [5, 5.41) is 0. The van der Waals surface area contributed by atoms with Gasteiger partial charge in [-0.05, 0) is 18.6 Å². The first-order valence-electron chi connectivity index (χ1n) is 6.66. The molecule has 0 aliphatic heterocycles. The highest BCUT2D eigenvalue weighted by Gasteiger charge is 2.22. The van der Waals surface area contributed by atoms with Gasteiger partial charge >= 0.3 is 0 Å². The van der Waals surface area contributed by atoms with E-state index in [-0.39, 0.29) is 11.1 Å². The zero-order valence-electron chi connectivity index (χ0n) is 12.2. The van der Waals surface area contributed by atoms with Gasteiger partial charge in [0.05, 0.1) is 5.69 Å². The lowest BCUT2D eigenvalue weighted by molar-refractivity contribution is 0.532. The Balaban J connectivity index is 2.59. The zero-order valence-corrected chi connectivity index (χ0v) is 12.2. The van der Waals surface area contributed by atoms with E-state index in [4.69, 9.17) is 0 Å². The lowest BCUT2D eigenvalue weighted by Gasteiger charge is -2.18. The molecule has 2 aromatic rings. The Morgan fingerprint density at radius 2 is 1.90 bits per heavy atom. The fourth-order valence-electron chi connectivity index (χ4n) is 2.26. The number of aromatic nitrogens is 2. The van der Waals surface area contributed by atoms with Crippen molar-refractivity contribution in [3.8, 4) is 0 Å². The molecule has 1 N–H and O–H groups in total. The van der Waals surface area contributed by atoms with Gasteiger partial charge in [-0.15, -0.1) is 0 Å². The molecule has 0 radical (unpaired) electrons. The van der Waals surface area contributed by atoms with Crippen molar-refractivity contribution in [2.75, 3.05) is 19.0 Å². The zero-order chi connectivity index (χ0) is 15.6. The third-order valence-corrected chi connectivity index (χ3v) is 3.29. The van der Waals surface area contributed by atoms with Gasteiger partial charge in [-0.1, -0.05) is 13.0 Å². The van der Waals surface area contributed by atoms with Gasteiger partial charge in [0, 0.05) is 31.6 Å². The van der Waals surface area contributed by atoms with Crippen molar-refractivity contribution < 1.29 is 8.78 Å². The fourth-order valence-corrected chi connectivity index (χ4v) is 2.26. The molecule has 0 fully saturated rings. The number of halogens is 2. The minimum absolute atomic E-state index is 0.0530. The number of rotatable bonds is 4. The second-order valence-electron chi connectivity index (χ2n) is 4.98. The molecule has 0 aliphatic carbocycles. The summed E-state index contributed by atoms with van der Waals surface area (Å²) in [6.45, 7) is 1.80. The first-order chi connectivity index (χ1) is 9.93. The summed E-state index contributed by atoms with van der Waals surface area (Å²) >= 11 is 0. The van der Waals surface area contributed by atoms with Crippen LogP contribution in [0.1, 0.15) is 30.5 Å². The molecule has 2 rings (SSSR count). The maximum atomic E-state index is 14.0. The molecule has 1 aromatic heterocycles. The molecule has 0 saturated heterocycles. The number of hydrogen-bond acceptors (Lipinski definition) is 3. The number of nitrogens with zero attached hydrogens (tertiary/aromatic N) is 2. The summed E-state index contributed by atoms with van der Waals surface area (Å²) in [6.07, 6.45) is 0.432. The van der Waals surface area contributed by atoms with Crippen molar-refractivity contribution in [1.82, 2.24) is 9.97 Å². The van der Waals surface area contributed by atoms with Crippen LogP contribution in [0.3, 0.4) is 0 Å². The maximum absolute atomic E-state index is 14.0. The van der Waals surface area contributed by atoms with Crippen LogP contribution in [0.5, 0.6) is 0 Å². The molecule has 4 nitrogen and oxygen atoms in total. The van der Waals surface area contributed by atoms with E-state index in [9.17, 15) is 13.6 Å². The van der Waals surface area contributed by atoms with Gasteiger partial charge in [0.1, 0.15) is 11.6 Å². The van der Waals surface area contributed by atoms with E-state index in [1.165, 1.54) is 24.3 Å². The van der Waals surface area contributed by atoms with Gasteiger partial charge in [0.15, 0.2) is 0 Å². The van der Waals surface area contributed by atoms with E-state index < -0.39 is 17.6 Å². The predicted octanol–water partition coefficient (Wildman–Crippen LogP) is 2.66. The highest BCUT2D eigenvalue weighted by atomic mass is 19.1. The molecule has 1 aromatic carbocycles. The number of nitrogens with one attached hydrogen (secondary N) is 1. The SMILES string of the molecule is CCC(c1cc(=O)[nH]c(N(C)C)n1)c1c(F)cccc1F. The van der Waals surface area contributed by atoms with Crippen molar-refractivity contribution >= 4 is 5.95 Å². The van der Waals surface area contributed by atoms with Crippen LogP contribution in [0.4, 0.5) is 14.7 Å². The highest BCUT2D eigenvalue weighted by molar-refractivity contribution is 5.34. The Morgan fingerprint density at radius 1 is 1.29 bits per heavy atom. The smallest absolute Gasteiger partial charge is 0.252 e. The average Bonchev–Trinajstić information content (AvgIpc) is 2.42. The largest absolute Gasteiger partial charge is 0.348 e. The third-order valence-electron chi connectivity index (χ3n) is 3.29. The number of hydrogen-bond donors (Lipinski definition) is 1. The Hall–Kier alpha value is -2.24. The van der Waals surface area contributed by atoms with Gasteiger partial charge in [-0.2, -0.15) is 0 Å². The summed E-state index contributed by atoms with van der Waals surface area (Å²) in [5.41, 5.74) is -0.0457. The molecule has 1 heterocycles. The number of H-pyrrole nitrogens is 1. The minimum Gasteiger partial charge on any atom is -0.348 e. The Labute approximate surface area is 121 Å². The van der Waals surface area contributed by atoms with Gasteiger partial charge in [0.2, 0.25) is 5.95 Å². The lowest BCUT2D eigenvalue weighted by atomic mass is 9.92. The predicted molar refractivity (Wildman–Crippen MR) is 77.7 cm³/mol. The number of benzene rings is 1. The van der Waals surface area contributed by atoms with Crippen molar-refractivity contribution in [3.63, 3.8) is 0 Å². The minimum atomic E-state index is -0.629. The number of anilines is 1. The van der Waals surface area contributed by atoms with Gasteiger partial charge in [0.25, 0.3) is 5.56 Å². The van der Waals surface area contributed by atoms with E-state index in [0.29, 0.717) is 18.1 Å². The molecule has 112 valence electrons. The normalized spacial score (nSPS) is 12.2. The van der Waals surface area contributed by atoms with Crippen LogP contribution in [-0.4, -0.2) is 24.1 Å². The van der Waals surface area contributed by atoms with Crippen molar-refractivity contribution in [3.05, 3.63) is 57.5 Å². The number of aromatic amines is 1. The quantitative estimate of drug-likeness (QED) is 0.943. The summed E-state index contributed by atoms with van der Waals surface area (Å²) in [4.78, 5) is 20.2. The van der Waals surface area contributed by atoms with Crippen LogP contribution < -0.4 is 10.5 Å². The summed E-state index contributed by atoms with van der Waals surface area (Å²) in [5.74, 6) is -1.51. The maximum Gasteiger partial charge on any atom is 0.252 e. The van der Waals surface area contributed by atoms with Crippen LogP contribution in [0.2, 0.25) is 0 Å². The van der Waals surface area contributed by atoms with Gasteiger partial charge in [-0.25, -0.2) is 13.8 Å². The molecule has 0 aliphatic rings. The monoisotopic (exact) mass is 293 g/mol. The fraction of sp³-hybridized carbons (Fsp3) is 0.333. The van der Waals surface area contributed by atoms with E-state index in [2.05, 4.69) is 9.97 Å².